The molecule has 0 saturated heterocycles. The number of carbonyl (C=O) groups is 1. The van der Waals surface area contributed by atoms with Gasteiger partial charge in [0.1, 0.15) is 0 Å². The molecule has 118 valence electrons. The molecule has 1 aromatic carbocycles. The Kier molecular flexibility index (Phi) is 4.83. The molecule has 2 aromatic rings. The van der Waals surface area contributed by atoms with Crippen molar-refractivity contribution in [3.05, 3.63) is 78.1 Å². The minimum Gasteiger partial charge on any atom is -0.330 e. The normalized spacial score (nSPS) is 18.7. The lowest BCUT2D eigenvalue weighted by Crippen LogP contribution is -2.47. The lowest BCUT2D eigenvalue weighted by molar-refractivity contribution is -0.134. The molecule has 23 heavy (non-hydrogen) atoms. The molecule has 0 spiro atoms. The van der Waals surface area contributed by atoms with Crippen LogP contribution in [0, 0.1) is 0 Å². The molecule has 4 nitrogen and oxygen atoms in total. The van der Waals surface area contributed by atoms with Gasteiger partial charge in [-0.05, 0) is 30.0 Å². The SMILES string of the molecule is N[C@H](Cc1ccccc1)C(=O)N1CC=CCC1c1cccnc1. The number of carbonyl (C=O) groups excluding carboxylic acids is 1. The van der Waals surface area contributed by atoms with Crippen molar-refractivity contribution < 1.29 is 4.79 Å². The van der Waals surface area contributed by atoms with Gasteiger partial charge in [0.2, 0.25) is 5.91 Å². The van der Waals surface area contributed by atoms with Crippen LogP contribution in [0.25, 0.3) is 0 Å². The van der Waals surface area contributed by atoms with E-state index in [-0.39, 0.29) is 11.9 Å². The first-order valence-electron chi connectivity index (χ1n) is 7.90. The van der Waals surface area contributed by atoms with Crippen molar-refractivity contribution in [1.29, 1.82) is 0 Å². The second-order valence-electron chi connectivity index (χ2n) is 5.80. The van der Waals surface area contributed by atoms with Gasteiger partial charge in [-0.3, -0.25) is 9.78 Å². The molecule has 2 N–H and O–H groups in total. The van der Waals surface area contributed by atoms with Crippen LogP contribution in [0.3, 0.4) is 0 Å². The van der Waals surface area contributed by atoms with Gasteiger partial charge in [0.05, 0.1) is 12.1 Å². The number of rotatable bonds is 4. The molecule has 0 radical (unpaired) electrons. The summed E-state index contributed by atoms with van der Waals surface area (Å²) in [6.45, 7) is 0.598. The summed E-state index contributed by atoms with van der Waals surface area (Å²) in [5.41, 5.74) is 8.32. The predicted octanol–water partition coefficient (Wildman–Crippen LogP) is 2.48. The zero-order valence-corrected chi connectivity index (χ0v) is 13.0. The molecular weight excluding hydrogens is 286 g/mol. The van der Waals surface area contributed by atoms with Crippen LogP contribution in [0.5, 0.6) is 0 Å². The Morgan fingerprint density at radius 1 is 1.22 bits per heavy atom. The Morgan fingerprint density at radius 3 is 2.78 bits per heavy atom. The summed E-state index contributed by atoms with van der Waals surface area (Å²) in [6, 6.07) is 13.3. The molecule has 0 saturated carbocycles. The third kappa shape index (κ3) is 3.66. The summed E-state index contributed by atoms with van der Waals surface area (Å²) >= 11 is 0. The number of hydrogen-bond donors (Lipinski definition) is 1. The van der Waals surface area contributed by atoms with Crippen molar-refractivity contribution in [1.82, 2.24) is 9.88 Å². The summed E-state index contributed by atoms with van der Waals surface area (Å²) in [7, 11) is 0. The minimum absolute atomic E-state index is 0.00736. The van der Waals surface area contributed by atoms with Crippen LogP contribution >= 0.6 is 0 Å². The molecular formula is C19H21N3O. The van der Waals surface area contributed by atoms with E-state index in [0.29, 0.717) is 13.0 Å². The van der Waals surface area contributed by atoms with Gasteiger partial charge in [-0.15, -0.1) is 0 Å². The second-order valence-corrected chi connectivity index (χ2v) is 5.80. The molecule has 4 heteroatoms. The van der Waals surface area contributed by atoms with E-state index >= 15 is 0 Å². The molecule has 2 atom stereocenters. The Bertz CT molecular complexity index is 670. The van der Waals surface area contributed by atoms with Gasteiger partial charge in [-0.2, -0.15) is 0 Å². The van der Waals surface area contributed by atoms with Crippen molar-refractivity contribution in [2.45, 2.75) is 24.9 Å². The van der Waals surface area contributed by atoms with Crippen molar-refractivity contribution in [2.24, 2.45) is 5.73 Å². The smallest absolute Gasteiger partial charge is 0.240 e. The lowest BCUT2D eigenvalue weighted by atomic mass is 9.98. The van der Waals surface area contributed by atoms with Gasteiger partial charge in [-0.1, -0.05) is 48.6 Å². The van der Waals surface area contributed by atoms with Gasteiger partial charge in [-0.25, -0.2) is 0 Å². The highest BCUT2D eigenvalue weighted by Gasteiger charge is 2.29. The molecule has 1 aliphatic rings. The molecule has 1 aromatic heterocycles. The van der Waals surface area contributed by atoms with Crippen LogP contribution in [0.4, 0.5) is 0 Å². The standard InChI is InChI=1S/C19H21N3O/c20-17(13-15-7-2-1-3-8-15)19(23)22-12-5-4-10-18(22)16-9-6-11-21-14-16/h1-9,11,14,17-18H,10,12-13,20H2/t17-,18?/m1/s1. The maximum atomic E-state index is 12.8. The number of benzene rings is 1. The predicted molar refractivity (Wildman–Crippen MR) is 90.6 cm³/mol. The van der Waals surface area contributed by atoms with Gasteiger partial charge in [0.25, 0.3) is 0 Å². The maximum Gasteiger partial charge on any atom is 0.240 e. The summed E-state index contributed by atoms with van der Waals surface area (Å²) in [4.78, 5) is 18.9. The number of pyridine rings is 1. The van der Waals surface area contributed by atoms with Crippen LogP contribution in [0.15, 0.2) is 67.0 Å². The number of amides is 1. The quantitative estimate of drug-likeness (QED) is 0.883. The van der Waals surface area contributed by atoms with Crippen molar-refractivity contribution in [2.75, 3.05) is 6.54 Å². The third-order valence-corrected chi connectivity index (χ3v) is 4.17. The maximum absolute atomic E-state index is 12.8. The highest BCUT2D eigenvalue weighted by Crippen LogP contribution is 2.27. The summed E-state index contributed by atoms with van der Waals surface area (Å²) < 4.78 is 0. The third-order valence-electron chi connectivity index (χ3n) is 4.17. The molecule has 1 unspecified atom stereocenters. The van der Waals surface area contributed by atoms with Crippen LogP contribution in [0.2, 0.25) is 0 Å². The van der Waals surface area contributed by atoms with E-state index in [9.17, 15) is 4.79 Å². The molecule has 1 aliphatic heterocycles. The number of nitrogens with two attached hydrogens (primary N) is 1. The summed E-state index contributed by atoms with van der Waals surface area (Å²) in [5, 5.41) is 0. The van der Waals surface area contributed by atoms with Gasteiger partial charge in [0.15, 0.2) is 0 Å². The Hall–Kier alpha value is -2.46. The first kappa shape index (κ1) is 15.4. The average molecular weight is 307 g/mol. The monoisotopic (exact) mass is 307 g/mol. The van der Waals surface area contributed by atoms with Crippen LogP contribution < -0.4 is 5.73 Å². The molecule has 1 amide bonds. The van der Waals surface area contributed by atoms with Gasteiger partial charge in [0, 0.05) is 18.9 Å². The Morgan fingerprint density at radius 2 is 2.04 bits per heavy atom. The van der Waals surface area contributed by atoms with Crippen molar-refractivity contribution in [3.63, 3.8) is 0 Å². The van der Waals surface area contributed by atoms with E-state index in [1.165, 1.54) is 0 Å². The first-order chi connectivity index (χ1) is 11.3. The van der Waals surface area contributed by atoms with Crippen LogP contribution in [-0.4, -0.2) is 28.4 Å². The van der Waals surface area contributed by atoms with E-state index in [1.807, 2.05) is 59.6 Å². The Balaban J connectivity index is 1.75. The van der Waals surface area contributed by atoms with Crippen molar-refractivity contribution in [3.8, 4) is 0 Å². The molecule has 3 rings (SSSR count). The number of hydrogen-bond acceptors (Lipinski definition) is 3. The average Bonchev–Trinajstić information content (AvgIpc) is 2.62. The number of nitrogens with zero attached hydrogens (tertiary/aromatic N) is 2. The first-order valence-corrected chi connectivity index (χ1v) is 7.90. The minimum atomic E-state index is -0.525. The van der Waals surface area contributed by atoms with E-state index in [1.54, 1.807) is 6.20 Å². The molecule has 0 bridgehead atoms. The fraction of sp³-hybridized carbons (Fsp3) is 0.263. The lowest BCUT2D eigenvalue weighted by Gasteiger charge is -2.35. The Labute approximate surface area is 136 Å². The van der Waals surface area contributed by atoms with E-state index in [2.05, 4.69) is 11.1 Å². The van der Waals surface area contributed by atoms with Gasteiger partial charge >= 0.3 is 0 Å². The number of aromatic nitrogens is 1. The zero-order valence-electron chi connectivity index (χ0n) is 13.0. The highest BCUT2D eigenvalue weighted by molar-refractivity contribution is 5.82. The molecule has 0 aliphatic carbocycles. The topological polar surface area (TPSA) is 59.2 Å². The van der Waals surface area contributed by atoms with Crippen molar-refractivity contribution >= 4 is 5.91 Å². The van der Waals surface area contributed by atoms with E-state index < -0.39 is 6.04 Å². The van der Waals surface area contributed by atoms with E-state index in [4.69, 9.17) is 5.73 Å². The van der Waals surface area contributed by atoms with Gasteiger partial charge < -0.3 is 10.6 Å². The molecule has 2 heterocycles. The zero-order chi connectivity index (χ0) is 16.1. The second kappa shape index (κ2) is 7.20. The molecule has 0 fully saturated rings. The van der Waals surface area contributed by atoms with Crippen LogP contribution in [-0.2, 0) is 11.2 Å². The summed E-state index contributed by atoms with van der Waals surface area (Å²) in [5.74, 6) is -0.00736. The van der Waals surface area contributed by atoms with E-state index in [0.717, 1.165) is 17.5 Å². The fourth-order valence-corrected chi connectivity index (χ4v) is 2.97. The highest BCUT2D eigenvalue weighted by atomic mass is 16.2. The van der Waals surface area contributed by atoms with Crippen LogP contribution in [0.1, 0.15) is 23.6 Å². The fourth-order valence-electron chi connectivity index (χ4n) is 2.97. The largest absolute Gasteiger partial charge is 0.330 e. The summed E-state index contributed by atoms with van der Waals surface area (Å²) in [6.07, 6.45) is 9.07.